The second-order valence-corrected chi connectivity index (χ2v) is 4.89. The summed E-state index contributed by atoms with van der Waals surface area (Å²) in [6, 6.07) is 10.7. The Morgan fingerprint density at radius 1 is 1.09 bits per heavy atom. The number of nitrogens with zero attached hydrogens (tertiary/aromatic N) is 2. The summed E-state index contributed by atoms with van der Waals surface area (Å²) in [6.07, 6.45) is 2.04. The van der Waals surface area contributed by atoms with Crippen molar-refractivity contribution in [1.82, 2.24) is 9.97 Å². The van der Waals surface area contributed by atoms with Crippen molar-refractivity contribution in [2.75, 3.05) is 10.6 Å². The Balaban J connectivity index is 1.90. The highest BCUT2D eigenvalue weighted by Crippen LogP contribution is 2.29. The van der Waals surface area contributed by atoms with Crippen molar-refractivity contribution in [2.24, 2.45) is 0 Å². The highest BCUT2D eigenvalue weighted by molar-refractivity contribution is 6.35. The molecule has 3 N–H and O–H groups in total. The zero-order valence-electron chi connectivity index (χ0n) is 11.2. The van der Waals surface area contributed by atoms with E-state index >= 15 is 0 Å². The minimum atomic E-state index is -1.15. The van der Waals surface area contributed by atoms with Gasteiger partial charge in [-0.25, -0.2) is 14.8 Å². The molecule has 6 nitrogen and oxygen atoms in total. The van der Waals surface area contributed by atoms with Crippen LogP contribution < -0.4 is 10.6 Å². The van der Waals surface area contributed by atoms with E-state index in [9.17, 15) is 4.79 Å². The maximum absolute atomic E-state index is 10.5. The van der Waals surface area contributed by atoms with Crippen molar-refractivity contribution >= 4 is 45.8 Å². The Bertz CT molecular complexity index is 837. The van der Waals surface area contributed by atoms with Crippen LogP contribution in [0.2, 0.25) is 5.02 Å². The van der Waals surface area contributed by atoms with Gasteiger partial charge in [0.2, 0.25) is 0 Å². The minimum Gasteiger partial charge on any atom is -0.465 e. The second-order valence-electron chi connectivity index (χ2n) is 4.48. The molecule has 0 radical (unpaired) electrons. The van der Waals surface area contributed by atoms with Gasteiger partial charge in [0.15, 0.2) is 0 Å². The molecule has 0 fully saturated rings. The van der Waals surface area contributed by atoms with Crippen LogP contribution in [0.5, 0.6) is 0 Å². The van der Waals surface area contributed by atoms with E-state index in [-0.39, 0.29) is 5.82 Å². The fourth-order valence-corrected chi connectivity index (χ4v) is 2.29. The second kappa shape index (κ2) is 5.87. The highest BCUT2D eigenvalue weighted by Gasteiger charge is 2.06. The third-order valence-corrected chi connectivity index (χ3v) is 3.34. The number of aromatic nitrogens is 2. The van der Waals surface area contributed by atoms with Gasteiger partial charge >= 0.3 is 6.09 Å². The number of pyridine rings is 2. The van der Waals surface area contributed by atoms with E-state index in [1.165, 1.54) is 6.20 Å². The van der Waals surface area contributed by atoms with Crippen molar-refractivity contribution in [3.8, 4) is 0 Å². The fraction of sp³-hybridized carbons (Fsp3) is 0. The Labute approximate surface area is 130 Å². The predicted octanol–water partition coefficient (Wildman–Crippen LogP) is 4.12. The molecule has 1 amide bonds. The Morgan fingerprint density at radius 2 is 1.95 bits per heavy atom. The lowest BCUT2D eigenvalue weighted by Gasteiger charge is -2.09. The average molecular weight is 315 g/mol. The maximum Gasteiger partial charge on any atom is 0.410 e. The van der Waals surface area contributed by atoms with Crippen LogP contribution in [-0.2, 0) is 0 Å². The quantitative estimate of drug-likeness (QED) is 0.677. The highest BCUT2D eigenvalue weighted by atomic mass is 35.5. The third-order valence-electron chi connectivity index (χ3n) is 3.01. The van der Waals surface area contributed by atoms with Gasteiger partial charge in [-0.2, -0.15) is 0 Å². The third kappa shape index (κ3) is 2.91. The largest absolute Gasteiger partial charge is 0.465 e. The molecule has 0 unspecified atom stereocenters. The molecular weight excluding hydrogens is 304 g/mol. The number of amides is 1. The molecule has 110 valence electrons. The topological polar surface area (TPSA) is 87.1 Å². The van der Waals surface area contributed by atoms with E-state index in [0.717, 1.165) is 10.8 Å². The molecule has 2 heterocycles. The molecule has 2 aromatic heterocycles. The smallest absolute Gasteiger partial charge is 0.410 e. The van der Waals surface area contributed by atoms with Crippen LogP contribution in [0, 0.1) is 0 Å². The maximum atomic E-state index is 10.5. The van der Waals surface area contributed by atoms with Crippen LogP contribution in [0.4, 0.5) is 22.1 Å². The Morgan fingerprint density at radius 3 is 2.68 bits per heavy atom. The standard InChI is InChI=1S/C15H11ClN4O2/c16-12-3-1-2-11-10(12)6-7-17-14(11)19-9-4-5-13(18-8-9)20-15(21)22/h1-8H,(H,17,19)(H,18,20)(H,21,22). The summed E-state index contributed by atoms with van der Waals surface area (Å²) in [5.41, 5.74) is 0.691. The van der Waals surface area contributed by atoms with Crippen molar-refractivity contribution in [3.63, 3.8) is 0 Å². The van der Waals surface area contributed by atoms with Crippen molar-refractivity contribution in [2.45, 2.75) is 0 Å². The molecule has 0 saturated carbocycles. The first-order valence-corrected chi connectivity index (χ1v) is 6.77. The summed E-state index contributed by atoms with van der Waals surface area (Å²) >= 11 is 6.17. The summed E-state index contributed by atoms with van der Waals surface area (Å²) in [5.74, 6) is 0.910. The van der Waals surface area contributed by atoms with Gasteiger partial charge < -0.3 is 10.4 Å². The van der Waals surface area contributed by atoms with Crippen LogP contribution in [0.25, 0.3) is 10.8 Å². The van der Waals surface area contributed by atoms with Crippen LogP contribution >= 0.6 is 11.6 Å². The molecule has 0 atom stereocenters. The summed E-state index contributed by atoms with van der Waals surface area (Å²) in [4.78, 5) is 18.8. The molecule has 22 heavy (non-hydrogen) atoms. The Kier molecular flexibility index (Phi) is 3.76. The average Bonchev–Trinajstić information content (AvgIpc) is 2.50. The molecule has 7 heteroatoms. The number of hydrogen-bond donors (Lipinski definition) is 3. The van der Waals surface area contributed by atoms with Crippen molar-refractivity contribution < 1.29 is 9.90 Å². The molecule has 0 bridgehead atoms. The molecule has 1 aromatic carbocycles. The van der Waals surface area contributed by atoms with Gasteiger partial charge in [0.1, 0.15) is 11.6 Å². The number of fused-ring (bicyclic) bond motifs is 1. The van der Waals surface area contributed by atoms with E-state index in [1.807, 2.05) is 24.3 Å². The van der Waals surface area contributed by atoms with E-state index < -0.39 is 6.09 Å². The number of nitrogens with one attached hydrogen (secondary N) is 2. The minimum absolute atomic E-state index is 0.256. The molecule has 0 aliphatic carbocycles. The predicted molar refractivity (Wildman–Crippen MR) is 85.9 cm³/mol. The van der Waals surface area contributed by atoms with Crippen molar-refractivity contribution in [1.29, 1.82) is 0 Å². The summed E-state index contributed by atoms with van der Waals surface area (Å²) in [6.45, 7) is 0. The molecule has 0 aliphatic heterocycles. The van der Waals surface area contributed by atoms with E-state index in [2.05, 4.69) is 20.6 Å². The molecular formula is C15H11ClN4O2. The van der Waals surface area contributed by atoms with Gasteiger partial charge in [-0.05, 0) is 24.3 Å². The van der Waals surface area contributed by atoms with E-state index in [1.54, 1.807) is 18.3 Å². The first-order valence-electron chi connectivity index (χ1n) is 6.40. The van der Waals surface area contributed by atoms with Gasteiger partial charge in [0.05, 0.1) is 11.9 Å². The number of benzene rings is 1. The van der Waals surface area contributed by atoms with Gasteiger partial charge in [0.25, 0.3) is 0 Å². The van der Waals surface area contributed by atoms with E-state index in [4.69, 9.17) is 16.7 Å². The van der Waals surface area contributed by atoms with Crippen LogP contribution in [0.1, 0.15) is 0 Å². The summed E-state index contributed by atoms with van der Waals surface area (Å²) < 4.78 is 0. The molecule has 3 rings (SSSR count). The molecule has 3 aromatic rings. The zero-order chi connectivity index (χ0) is 15.5. The first-order chi connectivity index (χ1) is 10.6. The van der Waals surface area contributed by atoms with Crippen LogP contribution in [-0.4, -0.2) is 21.2 Å². The van der Waals surface area contributed by atoms with Crippen LogP contribution in [0.15, 0.2) is 48.8 Å². The zero-order valence-corrected chi connectivity index (χ0v) is 12.0. The van der Waals surface area contributed by atoms with Gasteiger partial charge in [0, 0.05) is 22.0 Å². The monoisotopic (exact) mass is 314 g/mol. The first kappa shape index (κ1) is 14.1. The van der Waals surface area contributed by atoms with Gasteiger partial charge in [-0.15, -0.1) is 0 Å². The van der Waals surface area contributed by atoms with Crippen molar-refractivity contribution in [3.05, 3.63) is 53.8 Å². The number of carbonyl (C=O) groups is 1. The summed E-state index contributed by atoms with van der Waals surface area (Å²) in [5, 5.41) is 16.4. The Hall–Kier alpha value is -2.86. The number of anilines is 3. The molecule has 0 aliphatic rings. The number of halogens is 1. The van der Waals surface area contributed by atoms with Crippen LogP contribution in [0.3, 0.4) is 0 Å². The number of hydrogen-bond acceptors (Lipinski definition) is 4. The lowest BCUT2D eigenvalue weighted by Crippen LogP contribution is -2.08. The van der Waals surface area contributed by atoms with E-state index in [0.29, 0.717) is 16.5 Å². The lowest BCUT2D eigenvalue weighted by molar-refractivity contribution is 0.209. The molecule has 0 saturated heterocycles. The number of rotatable bonds is 3. The number of carboxylic acid groups (broad SMARTS) is 1. The fourth-order valence-electron chi connectivity index (χ4n) is 2.06. The lowest BCUT2D eigenvalue weighted by atomic mass is 10.1. The van der Waals surface area contributed by atoms with Gasteiger partial charge in [-0.3, -0.25) is 5.32 Å². The molecule has 0 spiro atoms. The SMILES string of the molecule is O=C(O)Nc1ccc(Nc2nccc3c(Cl)cccc23)cn1. The van der Waals surface area contributed by atoms with Gasteiger partial charge in [-0.1, -0.05) is 23.7 Å². The summed E-state index contributed by atoms with van der Waals surface area (Å²) in [7, 11) is 0. The normalized spacial score (nSPS) is 10.4.